The van der Waals surface area contributed by atoms with Gasteiger partial charge in [0.15, 0.2) is 0 Å². The van der Waals surface area contributed by atoms with Gasteiger partial charge in [-0.15, -0.1) is 5.10 Å². The molecular formula is C22H19N7. The highest BCUT2D eigenvalue weighted by molar-refractivity contribution is 5.72. The summed E-state index contributed by atoms with van der Waals surface area (Å²) in [7, 11) is 0. The Balaban J connectivity index is 1.64. The molecule has 0 aliphatic carbocycles. The normalized spacial score (nSPS) is 10.6. The lowest BCUT2D eigenvalue weighted by Gasteiger charge is -2.06. The van der Waals surface area contributed by atoms with Crippen LogP contribution in [0.15, 0.2) is 60.8 Å². The van der Waals surface area contributed by atoms with Gasteiger partial charge in [0.2, 0.25) is 0 Å². The standard InChI is InChI=1S/C22H19N7/c1-2-18-7-4-8-19(25-18)13-29-14-21(27-28-29)20-10-17(11-22(24)26-20)16-6-3-5-15(9-16)12-23/h3-11,14H,2,13H2,1H3,(H2,24,26). The zero-order chi connectivity index (χ0) is 20.2. The Kier molecular flexibility index (Phi) is 4.99. The summed E-state index contributed by atoms with van der Waals surface area (Å²) in [5.41, 5.74) is 11.6. The van der Waals surface area contributed by atoms with E-state index < -0.39 is 0 Å². The van der Waals surface area contributed by atoms with Gasteiger partial charge in [0.25, 0.3) is 0 Å². The number of aromatic nitrogens is 5. The largest absolute Gasteiger partial charge is 0.384 e. The highest BCUT2D eigenvalue weighted by atomic mass is 15.4. The SMILES string of the molecule is CCc1cccc(Cn2cc(-c3cc(-c4cccc(C#N)c4)cc(N)n3)nn2)n1. The summed E-state index contributed by atoms with van der Waals surface area (Å²) in [5.74, 6) is 0.381. The van der Waals surface area contributed by atoms with Crippen molar-refractivity contribution in [2.75, 3.05) is 5.73 Å². The molecule has 0 aliphatic rings. The molecule has 1 aromatic carbocycles. The minimum Gasteiger partial charge on any atom is -0.384 e. The second kappa shape index (κ2) is 7.90. The summed E-state index contributed by atoms with van der Waals surface area (Å²) in [6, 6.07) is 19.2. The average Bonchev–Trinajstić information content (AvgIpc) is 3.22. The number of benzene rings is 1. The Bertz CT molecular complexity index is 1200. The predicted molar refractivity (Wildman–Crippen MR) is 111 cm³/mol. The third-order valence-corrected chi connectivity index (χ3v) is 4.52. The Hall–Kier alpha value is -4.05. The predicted octanol–water partition coefficient (Wildman–Crippen LogP) is 3.47. The number of nitriles is 1. The van der Waals surface area contributed by atoms with Crippen molar-refractivity contribution in [1.82, 2.24) is 25.0 Å². The van der Waals surface area contributed by atoms with Gasteiger partial charge in [-0.05, 0) is 53.9 Å². The maximum Gasteiger partial charge on any atom is 0.131 e. The van der Waals surface area contributed by atoms with Gasteiger partial charge in [-0.1, -0.05) is 30.3 Å². The molecule has 4 rings (SSSR count). The molecule has 7 heteroatoms. The average molecular weight is 381 g/mol. The molecule has 29 heavy (non-hydrogen) atoms. The molecule has 0 aliphatic heterocycles. The molecule has 0 bridgehead atoms. The highest BCUT2D eigenvalue weighted by Gasteiger charge is 2.10. The fourth-order valence-corrected chi connectivity index (χ4v) is 3.09. The van der Waals surface area contributed by atoms with Crippen LogP contribution in [0.25, 0.3) is 22.5 Å². The summed E-state index contributed by atoms with van der Waals surface area (Å²) in [4.78, 5) is 9.00. The quantitative estimate of drug-likeness (QED) is 0.567. The van der Waals surface area contributed by atoms with Crippen molar-refractivity contribution in [3.8, 4) is 28.6 Å². The first-order valence-electron chi connectivity index (χ1n) is 9.28. The minimum atomic E-state index is 0.381. The van der Waals surface area contributed by atoms with Crippen molar-refractivity contribution in [1.29, 1.82) is 5.26 Å². The van der Waals surface area contributed by atoms with E-state index in [9.17, 15) is 0 Å². The van der Waals surface area contributed by atoms with E-state index in [0.717, 1.165) is 28.9 Å². The first-order valence-corrected chi connectivity index (χ1v) is 9.28. The second-order valence-corrected chi connectivity index (χ2v) is 6.63. The molecule has 0 amide bonds. The number of hydrogen-bond acceptors (Lipinski definition) is 6. The monoisotopic (exact) mass is 381 g/mol. The Morgan fingerprint density at radius 1 is 0.966 bits per heavy atom. The molecule has 0 fully saturated rings. The van der Waals surface area contributed by atoms with Gasteiger partial charge in [0.1, 0.15) is 11.5 Å². The van der Waals surface area contributed by atoms with Crippen LogP contribution in [0.5, 0.6) is 0 Å². The molecule has 0 atom stereocenters. The Morgan fingerprint density at radius 2 is 1.79 bits per heavy atom. The fourth-order valence-electron chi connectivity index (χ4n) is 3.09. The minimum absolute atomic E-state index is 0.381. The zero-order valence-electron chi connectivity index (χ0n) is 15.9. The molecule has 0 saturated heterocycles. The third-order valence-electron chi connectivity index (χ3n) is 4.52. The number of pyridine rings is 2. The Labute approximate surface area is 168 Å². The van der Waals surface area contributed by atoms with E-state index in [4.69, 9.17) is 11.0 Å². The van der Waals surface area contributed by atoms with Gasteiger partial charge >= 0.3 is 0 Å². The third kappa shape index (κ3) is 4.12. The first-order chi connectivity index (χ1) is 14.1. The van der Waals surface area contributed by atoms with Crippen LogP contribution in [0.4, 0.5) is 5.82 Å². The number of nitrogens with zero attached hydrogens (tertiary/aromatic N) is 6. The van der Waals surface area contributed by atoms with Crippen molar-refractivity contribution < 1.29 is 0 Å². The number of rotatable bonds is 5. The fraction of sp³-hybridized carbons (Fsp3) is 0.136. The van der Waals surface area contributed by atoms with Crippen LogP contribution in [0.2, 0.25) is 0 Å². The molecule has 3 heterocycles. The van der Waals surface area contributed by atoms with Gasteiger partial charge in [-0.25, -0.2) is 9.67 Å². The van der Waals surface area contributed by atoms with E-state index in [1.54, 1.807) is 16.8 Å². The zero-order valence-corrected chi connectivity index (χ0v) is 15.9. The lowest BCUT2D eigenvalue weighted by atomic mass is 10.0. The van der Waals surface area contributed by atoms with Crippen molar-refractivity contribution in [3.63, 3.8) is 0 Å². The lowest BCUT2D eigenvalue weighted by Crippen LogP contribution is -2.03. The molecule has 4 aromatic rings. The van der Waals surface area contributed by atoms with Crippen molar-refractivity contribution in [2.24, 2.45) is 0 Å². The van der Waals surface area contributed by atoms with E-state index in [0.29, 0.717) is 29.3 Å². The Morgan fingerprint density at radius 3 is 2.62 bits per heavy atom. The van der Waals surface area contributed by atoms with Crippen LogP contribution < -0.4 is 5.73 Å². The summed E-state index contributed by atoms with van der Waals surface area (Å²) in [6.45, 7) is 2.61. The van der Waals surface area contributed by atoms with Crippen LogP contribution in [0.1, 0.15) is 23.9 Å². The first kappa shape index (κ1) is 18.3. The summed E-state index contributed by atoms with van der Waals surface area (Å²) >= 11 is 0. The van der Waals surface area contributed by atoms with Crippen molar-refractivity contribution in [3.05, 3.63) is 77.7 Å². The van der Waals surface area contributed by atoms with Gasteiger partial charge in [0, 0.05) is 5.69 Å². The number of anilines is 1. The molecule has 142 valence electrons. The molecule has 3 aromatic heterocycles. The van der Waals surface area contributed by atoms with Gasteiger partial charge in [-0.3, -0.25) is 4.98 Å². The van der Waals surface area contributed by atoms with Crippen LogP contribution in [0.3, 0.4) is 0 Å². The number of nitrogens with two attached hydrogens (primary N) is 1. The van der Waals surface area contributed by atoms with E-state index in [2.05, 4.69) is 33.3 Å². The maximum atomic E-state index is 9.14. The molecular weight excluding hydrogens is 362 g/mol. The maximum absolute atomic E-state index is 9.14. The smallest absolute Gasteiger partial charge is 0.131 e. The van der Waals surface area contributed by atoms with Crippen LogP contribution >= 0.6 is 0 Å². The highest BCUT2D eigenvalue weighted by Crippen LogP contribution is 2.26. The molecule has 2 N–H and O–H groups in total. The number of hydrogen-bond donors (Lipinski definition) is 1. The topological polar surface area (TPSA) is 106 Å². The van der Waals surface area contributed by atoms with Gasteiger partial charge in [-0.2, -0.15) is 5.26 Å². The van der Waals surface area contributed by atoms with E-state index in [-0.39, 0.29) is 0 Å². The second-order valence-electron chi connectivity index (χ2n) is 6.63. The van der Waals surface area contributed by atoms with Crippen molar-refractivity contribution >= 4 is 5.82 Å². The van der Waals surface area contributed by atoms with Crippen LogP contribution in [-0.2, 0) is 13.0 Å². The number of aryl methyl sites for hydroxylation is 1. The van der Waals surface area contributed by atoms with Crippen LogP contribution in [-0.4, -0.2) is 25.0 Å². The van der Waals surface area contributed by atoms with E-state index in [1.807, 2.05) is 48.7 Å². The summed E-state index contributed by atoms with van der Waals surface area (Å²) in [5, 5.41) is 17.6. The summed E-state index contributed by atoms with van der Waals surface area (Å²) < 4.78 is 1.73. The van der Waals surface area contributed by atoms with E-state index in [1.165, 1.54) is 0 Å². The molecule has 0 radical (unpaired) electrons. The van der Waals surface area contributed by atoms with Crippen LogP contribution in [0, 0.1) is 11.3 Å². The molecule has 7 nitrogen and oxygen atoms in total. The van der Waals surface area contributed by atoms with Gasteiger partial charge < -0.3 is 5.73 Å². The molecule has 0 unspecified atom stereocenters. The van der Waals surface area contributed by atoms with Gasteiger partial charge in [0.05, 0.1) is 35.8 Å². The summed E-state index contributed by atoms with van der Waals surface area (Å²) in [6.07, 6.45) is 2.72. The molecule has 0 saturated carbocycles. The lowest BCUT2D eigenvalue weighted by molar-refractivity contribution is 0.636. The number of nitrogen functional groups attached to an aromatic ring is 1. The molecule has 0 spiro atoms. The van der Waals surface area contributed by atoms with Crippen molar-refractivity contribution in [2.45, 2.75) is 19.9 Å². The van der Waals surface area contributed by atoms with E-state index >= 15 is 0 Å².